The minimum Gasteiger partial charge on any atom is -0.354 e. The van der Waals surface area contributed by atoms with Gasteiger partial charge in [0, 0.05) is 10.6 Å². The van der Waals surface area contributed by atoms with Gasteiger partial charge in [0.05, 0.1) is 5.56 Å². The van der Waals surface area contributed by atoms with Crippen LogP contribution in [0.15, 0.2) is 45.8 Å². The standard InChI is InChI=1S/C16H9ClF4N2O3S/c17-9-3-1-7(2-4-9)13-12(14(16(20)21)26-23-13)8-5-10(18)15(11(19)6-8)27(22,24)25/h1-6,16H,(H2,22,24,25). The number of alkyl halides is 2. The van der Waals surface area contributed by atoms with Crippen LogP contribution in [0.5, 0.6) is 0 Å². The molecule has 11 heteroatoms. The molecule has 0 radical (unpaired) electrons. The lowest BCUT2D eigenvalue weighted by atomic mass is 9.99. The molecule has 3 rings (SSSR count). The van der Waals surface area contributed by atoms with Crippen LogP contribution in [-0.2, 0) is 10.0 Å². The fourth-order valence-electron chi connectivity index (χ4n) is 2.51. The topological polar surface area (TPSA) is 86.2 Å². The van der Waals surface area contributed by atoms with Crippen LogP contribution in [0, 0.1) is 11.6 Å². The molecule has 2 aromatic carbocycles. The number of primary sulfonamides is 1. The predicted octanol–water partition coefficient (Wildman–Crippen LogP) is 4.53. The third kappa shape index (κ3) is 3.68. The van der Waals surface area contributed by atoms with E-state index in [0.29, 0.717) is 22.7 Å². The molecule has 5 nitrogen and oxygen atoms in total. The zero-order valence-corrected chi connectivity index (χ0v) is 14.7. The van der Waals surface area contributed by atoms with Crippen LogP contribution in [0.4, 0.5) is 17.6 Å². The first-order valence-electron chi connectivity index (χ1n) is 7.15. The van der Waals surface area contributed by atoms with E-state index in [1.54, 1.807) is 0 Å². The fourth-order valence-corrected chi connectivity index (χ4v) is 3.30. The molecule has 0 aliphatic heterocycles. The fraction of sp³-hybridized carbons (Fsp3) is 0.0625. The normalized spacial score (nSPS) is 12.0. The van der Waals surface area contributed by atoms with Crippen molar-refractivity contribution in [2.75, 3.05) is 0 Å². The number of nitrogens with zero attached hydrogens (tertiary/aromatic N) is 1. The number of benzene rings is 2. The van der Waals surface area contributed by atoms with Crippen LogP contribution >= 0.6 is 11.6 Å². The summed E-state index contributed by atoms with van der Waals surface area (Å²) in [6.07, 6.45) is -3.14. The zero-order chi connectivity index (χ0) is 19.9. The van der Waals surface area contributed by atoms with Gasteiger partial charge in [-0.05, 0) is 29.8 Å². The van der Waals surface area contributed by atoms with E-state index in [4.69, 9.17) is 16.7 Å². The van der Waals surface area contributed by atoms with Gasteiger partial charge in [0.2, 0.25) is 15.8 Å². The van der Waals surface area contributed by atoms with Gasteiger partial charge < -0.3 is 4.52 Å². The summed E-state index contributed by atoms with van der Waals surface area (Å²) in [5.74, 6) is -3.99. The van der Waals surface area contributed by atoms with Gasteiger partial charge in [0.25, 0.3) is 6.43 Å². The molecule has 0 bridgehead atoms. The van der Waals surface area contributed by atoms with E-state index < -0.39 is 38.7 Å². The highest BCUT2D eigenvalue weighted by atomic mass is 35.5. The molecule has 1 heterocycles. The molecular formula is C16H9ClF4N2O3S. The lowest BCUT2D eigenvalue weighted by Gasteiger charge is -2.08. The number of rotatable bonds is 4. The molecule has 1 aromatic heterocycles. The summed E-state index contributed by atoms with van der Waals surface area (Å²) in [5, 5.41) is 8.70. The number of sulfonamides is 1. The molecule has 0 atom stereocenters. The Morgan fingerprint density at radius 3 is 2.07 bits per heavy atom. The summed E-state index contributed by atoms with van der Waals surface area (Å²) < 4.78 is 82.2. The Kier molecular flexibility index (Phi) is 4.98. The zero-order valence-electron chi connectivity index (χ0n) is 13.1. The first-order valence-corrected chi connectivity index (χ1v) is 9.08. The Balaban J connectivity index is 2.28. The van der Waals surface area contributed by atoms with Crippen molar-refractivity contribution < 1.29 is 30.5 Å². The summed E-state index contributed by atoms with van der Waals surface area (Å²) in [5.41, 5.74) is -0.601. The second-order valence-electron chi connectivity index (χ2n) is 5.39. The number of hydrogen-bond acceptors (Lipinski definition) is 4. The van der Waals surface area contributed by atoms with E-state index in [2.05, 4.69) is 9.68 Å². The highest BCUT2D eigenvalue weighted by molar-refractivity contribution is 7.89. The van der Waals surface area contributed by atoms with Crippen LogP contribution in [-0.4, -0.2) is 13.6 Å². The molecule has 0 aliphatic rings. The maximum absolute atomic E-state index is 14.2. The van der Waals surface area contributed by atoms with Crippen LogP contribution in [0.1, 0.15) is 12.2 Å². The van der Waals surface area contributed by atoms with Crippen molar-refractivity contribution in [3.63, 3.8) is 0 Å². The average Bonchev–Trinajstić information content (AvgIpc) is 2.98. The molecule has 0 spiro atoms. The maximum Gasteiger partial charge on any atom is 0.298 e. The third-order valence-corrected chi connectivity index (χ3v) is 4.82. The van der Waals surface area contributed by atoms with Gasteiger partial charge in [-0.2, -0.15) is 0 Å². The molecule has 142 valence electrons. The smallest absolute Gasteiger partial charge is 0.298 e. The van der Waals surface area contributed by atoms with Gasteiger partial charge in [-0.25, -0.2) is 31.1 Å². The van der Waals surface area contributed by atoms with E-state index in [1.165, 1.54) is 24.3 Å². The van der Waals surface area contributed by atoms with Gasteiger partial charge in [-0.15, -0.1) is 0 Å². The summed E-state index contributed by atoms with van der Waals surface area (Å²) in [6, 6.07) is 6.96. The minimum absolute atomic E-state index is 0.121. The summed E-state index contributed by atoms with van der Waals surface area (Å²) in [4.78, 5) is -1.37. The Morgan fingerprint density at radius 2 is 1.59 bits per heavy atom. The summed E-state index contributed by atoms with van der Waals surface area (Å²) in [7, 11) is -4.70. The van der Waals surface area contributed by atoms with Crippen LogP contribution in [0.3, 0.4) is 0 Å². The molecule has 0 aliphatic carbocycles. The number of aromatic nitrogens is 1. The highest BCUT2D eigenvalue weighted by Gasteiger charge is 2.29. The molecular weight excluding hydrogens is 412 g/mol. The van der Waals surface area contributed by atoms with Gasteiger partial charge in [0.15, 0.2) is 4.90 Å². The number of hydrogen-bond donors (Lipinski definition) is 1. The second kappa shape index (κ2) is 6.95. The summed E-state index contributed by atoms with van der Waals surface area (Å²) in [6.45, 7) is 0. The van der Waals surface area contributed by atoms with Crippen molar-refractivity contribution in [2.24, 2.45) is 5.14 Å². The first kappa shape index (κ1) is 19.3. The highest BCUT2D eigenvalue weighted by Crippen LogP contribution is 2.40. The van der Waals surface area contributed by atoms with Crippen LogP contribution in [0.25, 0.3) is 22.4 Å². The molecule has 0 saturated carbocycles. The average molecular weight is 421 g/mol. The summed E-state index contributed by atoms with van der Waals surface area (Å²) >= 11 is 5.78. The molecule has 0 saturated heterocycles. The number of nitrogens with two attached hydrogens (primary N) is 1. The Hall–Kier alpha value is -2.43. The molecule has 0 amide bonds. The lowest BCUT2D eigenvalue weighted by Crippen LogP contribution is -2.16. The van der Waals surface area contributed by atoms with Crippen molar-refractivity contribution in [3.05, 3.63) is 58.8 Å². The predicted molar refractivity (Wildman–Crippen MR) is 88.6 cm³/mol. The molecule has 0 unspecified atom stereocenters. The van der Waals surface area contributed by atoms with Crippen molar-refractivity contribution in [3.8, 4) is 22.4 Å². The molecule has 2 N–H and O–H groups in total. The van der Waals surface area contributed by atoms with Crippen molar-refractivity contribution in [1.82, 2.24) is 5.16 Å². The first-order chi connectivity index (χ1) is 12.6. The second-order valence-corrected chi connectivity index (χ2v) is 7.33. The van der Waals surface area contributed by atoms with Gasteiger partial charge in [-0.1, -0.05) is 28.9 Å². The van der Waals surface area contributed by atoms with E-state index in [-0.39, 0.29) is 16.8 Å². The van der Waals surface area contributed by atoms with E-state index >= 15 is 0 Å². The molecule has 27 heavy (non-hydrogen) atoms. The Labute approximate surface area is 155 Å². The van der Waals surface area contributed by atoms with Gasteiger partial charge >= 0.3 is 0 Å². The van der Waals surface area contributed by atoms with E-state index in [0.717, 1.165) is 0 Å². The molecule has 0 fully saturated rings. The quantitative estimate of drug-likeness (QED) is 0.628. The van der Waals surface area contributed by atoms with Crippen molar-refractivity contribution >= 4 is 21.6 Å². The SMILES string of the molecule is NS(=O)(=O)c1c(F)cc(-c2c(-c3ccc(Cl)cc3)noc2C(F)F)cc1F. The van der Waals surface area contributed by atoms with Gasteiger partial charge in [0.1, 0.15) is 17.3 Å². The minimum atomic E-state index is -4.70. The van der Waals surface area contributed by atoms with Gasteiger partial charge in [-0.3, -0.25) is 0 Å². The third-order valence-electron chi connectivity index (χ3n) is 3.61. The van der Waals surface area contributed by atoms with Crippen molar-refractivity contribution in [1.29, 1.82) is 0 Å². The maximum atomic E-state index is 14.2. The van der Waals surface area contributed by atoms with Crippen LogP contribution < -0.4 is 5.14 Å². The van der Waals surface area contributed by atoms with E-state index in [9.17, 15) is 26.0 Å². The largest absolute Gasteiger partial charge is 0.354 e. The van der Waals surface area contributed by atoms with Crippen molar-refractivity contribution in [2.45, 2.75) is 11.3 Å². The molecule has 3 aromatic rings. The Morgan fingerprint density at radius 1 is 1.04 bits per heavy atom. The van der Waals surface area contributed by atoms with Crippen LogP contribution in [0.2, 0.25) is 5.02 Å². The Bertz CT molecular complexity index is 1090. The monoisotopic (exact) mass is 420 g/mol. The van der Waals surface area contributed by atoms with E-state index in [1.807, 2.05) is 0 Å². The lowest BCUT2D eigenvalue weighted by molar-refractivity contribution is 0.113. The number of halogens is 5.